The van der Waals surface area contributed by atoms with Crippen molar-refractivity contribution in [2.75, 3.05) is 11.9 Å². The van der Waals surface area contributed by atoms with Crippen LogP contribution in [0, 0.1) is 5.82 Å². The van der Waals surface area contributed by atoms with Crippen LogP contribution in [-0.4, -0.2) is 29.8 Å². The van der Waals surface area contributed by atoms with Crippen molar-refractivity contribution < 1.29 is 19.0 Å². The molecule has 0 aliphatic carbocycles. The van der Waals surface area contributed by atoms with Crippen molar-refractivity contribution in [1.29, 1.82) is 0 Å². The van der Waals surface area contributed by atoms with Crippen molar-refractivity contribution in [3.05, 3.63) is 29.6 Å². The van der Waals surface area contributed by atoms with Gasteiger partial charge in [0.25, 0.3) is 0 Å². The molecule has 2 rings (SSSR count). The van der Waals surface area contributed by atoms with Gasteiger partial charge >= 0.3 is 5.97 Å². The molecule has 0 radical (unpaired) electrons. The fourth-order valence-electron chi connectivity index (χ4n) is 2.18. The fraction of sp³-hybridized carbons (Fsp3) is 0.462. The number of carboxylic acid groups (broad SMARTS) is 1. The Morgan fingerprint density at radius 3 is 3.00 bits per heavy atom. The first-order valence-electron chi connectivity index (χ1n) is 5.98. The molecule has 18 heavy (non-hydrogen) atoms. The lowest BCUT2D eigenvalue weighted by molar-refractivity contribution is 0.0231. The van der Waals surface area contributed by atoms with E-state index in [9.17, 15) is 9.18 Å². The molecule has 4 nitrogen and oxygen atoms in total. The molecule has 2 unspecified atom stereocenters. The third-order valence-electron chi connectivity index (χ3n) is 3.08. The first kappa shape index (κ1) is 12.8. The number of nitrogens with one attached hydrogen (secondary N) is 1. The molecule has 1 aromatic carbocycles. The third-order valence-corrected chi connectivity index (χ3v) is 3.08. The predicted octanol–water partition coefficient (Wildman–Crippen LogP) is 2.50. The normalized spacial score (nSPS) is 23.7. The quantitative estimate of drug-likeness (QED) is 0.869. The van der Waals surface area contributed by atoms with E-state index in [0.29, 0.717) is 6.61 Å². The van der Waals surface area contributed by atoms with Gasteiger partial charge in [-0.2, -0.15) is 0 Å². The van der Waals surface area contributed by atoms with Crippen LogP contribution >= 0.6 is 0 Å². The van der Waals surface area contributed by atoms with E-state index in [4.69, 9.17) is 9.84 Å². The number of carboxylic acids is 1. The van der Waals surface area contributed by atoms with Crippen LogP contribution in [0.5, 0.6) is 0 Å². The molecule has 2 N–H and O–H groups in total. The van der Waals surface area contributed by atoms with Crippen molar-refractivity contribution in [3.63, 3.8) is 0 Å². The highest BCUT2D eigenvalue weighted by atomic mass is 19.1. The Morgan fingerprint density at radius 1 is 1.56 bits per heavy atom. The highest BCUT2D eigenvalue weighted by Crippen LogP contribution is 2.24. The molecule has 1 heterocycles. The van der Waals surface area contributed by atoms with Crippen molar-refractivity contribution >= 4 is 11.7 Å². The van der Waals surface area contributed by atoms with E-state index in [1.165, 1.54) is 18.2 Å². The molecule has 1 aromatic rings. The van der Waals surface area contributed by atoms with Gasteiger partial charge < -0.3 is 15.2 Å². The minimum atomic E-state index is -1.13. The first-order valence-corrected chi connectivity index (χ1v) is 5.98. The van der Waals surface area contributed by atoms with Crippen LogP contribution in [-0.2, 0) is 4.74 Å². The standard InChI is InChI=1S/C13H16FNO3/c1-8-7-9(5-6-18-8)15-12-10(13(16)17)3-2-4-11(12)14/h2-4,8-9,15H,5-7H2,1H3,(H,16,17). The summed E-state index contributed by atoms with van der Waals surface area (Å²) in [6.45, 7) is 2.56. The number of rotatable bonds is 3. The first-order chi connectivity index (χ1) is 8.58. The number of para-hydroxylation sites is 1. The van der Waals surface area contributed by atoms with Gasteiger partial charge in [0.2, 0.25) is 0 Å². The molecule has 1 fully saturated rings. The van der Waals surface area contributed by atoms with Gasteiger partial charge in [-0.1, -0.05) is 6.07 Å². The van der Waals surface area contributed by atoms with Crippen molar-refractivity contribution in [2.45, 2.75) is 31.9 Å². The average molecular weight is 253 g/mol. The van der Waals surface area contributed by atoms with E-state index in [1.807, 2.05) is 6.92 Å². The molecule has 98 valence electrons. The van der Waals surface area contributed by atoms with Gasteiger partial charge in [-0.3, -0.25) is 0 Å². The number of hydrogen-bond acceptors (Lipinski definition) is 3. The molecular formula is C13H16FNO3. The van der Waals surface area contributed by atoms with Crippen LogP contribution in [0.4, 0.5) is 10.1 Å². The van der Waals surface area contributed by atoms with E-state index >= 15 is 0 Å². The molecule has 0 aromatic heterocycles. The fourth-order valence-corrected chi connectivity index (χ4v) is 2.18. The Balaban J connectivity index is 2.20. The van der Waals surface area contributed by atoms with E-state index in [2.05, 4.69) is 5.32 Å². The lowest BCUT2D eigenvalue weighted by Crippen LogP contribution is -2.33. The Labute approximate surface area is 105 Å². The maximum absolute atomic E-state index is 13.7. The maximum Gasteiger partial charge on any atom is 0.337 e. The summed E-state index contributed by atoms with van der Waals surface area (Å²) in [6.07, 6.45) is 1.60. The summed E-state index contributed by atoms with van der Waals surface area (Å²) in [5.41, 5.74) is 0.0400. The van der Waals surface area contributed by atoms with Crippen LogP contribution in [0.3, 0.4) is 0 Å². The number of carbonyl (C=O) groups is 1. The Kier molecular flexibility index (Phi) is 3.81. The molecule has 0 spiro atoms. The number of hydrogen-bond donors (Lipinski definition) is 2. The Hall–Kier alpha value is -1.62. The summed E-state index contributed by atoms with van der Waals surface area (Å²) < 4.78 is 19.1. The minimum Gasteiger partial charge on any atom is -0.478 e. The summed E-state index contributed by atoms with van der Waals surface area (Å²) in [7, 11) is 0. The molecule has 0 saturated carbocycles. The van der Waals surface area contributed by atoms with Gasteiger partial charge in [-0.25, -0.2) is 9.18 Å². The number of aromatic carboxylic acids is 1. The monoisotopic (exact) mass is 253 g/mol. The second-order valence-corrected chi connectivity index (χ2v) is 4.51. The SMILES string of the molecule is CC1CC(Nc2c(F)cccc2C(=O)O)CCO1. The minimum absolute atomic E-state index is 0.0332. The smallest absolute Gasteiger partial charge is 0.337 e. The van der Waals surface area contributed by atoms with E-state index in [0.717, 1.165) is 12.8 Å². The van der Waals surface area contributed by atoms with Gasteiger partial charge in [-0.15, -0.1) is 0 Å². The van der Waals surface area contributed by atoms with Gasteiger partial charge in [-0.05, 0) is 31.9 Å². The van der Waals surface area contributed by atoms with Gasteiger partial charge in [0.15, 0.2) is 0 Å². The van der Waals surface area contributed by atoms with Crippen LogP contribution in [0.25, 0.3) is 0 Å². The lowest BCUT2D eigenvalue weighted by Gasteiger charge is -2.29. The molecular weight excluding hydrogens is 237 g/mol. The summed E-state index contributed by atoms with van der Waals surface area (Å²) in [5, 5.41) is 12.0. The highest BCUT2D eigenvalue weighted by molar-refractivity contribution is 5.94. The molecule has 1 aliphatic rings. The molecule has 0 amide bonds. The zero-order valence-corrected chi connectivity index (χ0v) is 10.1. The average Bonchev–Trinajstić information content (AvgIpc) is 2.31. The Morgan fingerprint density at radius 2 is 2.33 bits per heavy atom. The number of ether oxygens (including phenoxy) is 1. The highest BCUT2D eigenvalue weighted by Gasteiger charge is 2.22. The molecule has 1 saturated heterocycles. The summed E-state index contributed by atoms with van der Waals surface area (Å²) in [6, 6.07) is 4.11. The van der Waals surface area contributed by atoms with Crippen molar-refractivity contribution in [2.24, 2.45) is 0 Å². The van der Waals surface area contributed by atoms with E-state index in [-0.39, 0.29) is 23.4 Å². The molecule has 2 atom stereocenters. The predicted molar refractivity (Wildman–Crippen MR) is 65.4 cm³/mol. The second-order valence-electron chi connectivity index (χ2n) is 4.51. The number of benzene rings is 1. The molecule has 0 bridgehead atoms. The van der Waals surface area contributed by atoms with Gasteiger partial charge in [0.1, 0.15) is 5.82 Å². The topological polar surface area (TPSA) is 58.6 Å². The zero-order chi connectivity index (χ0) is 13.1. The Bertz CT molecular complexity index is 450. The summed E-state index contributed by atoms with van der Waals surface area (Å²) in [5.74, 6) is -1.66. The summed E-state index contributed by atoms with van der Waals surface area (Å²) in [4.78, 5) is 11.0. The molecule has 1 aliphatic heterocycles. The van der Waals surface area contributed by atoms with Gasteiger partial charge in [0, 0.05) is 12.6 Å². The van der Waals surface area contributed by atoms with Crippen molar-refractivity contribution in [3.8, 4) is 0 Å². The van der Waals surface area contributed by atoms with Crippen LogP contribution in [0.2, 0.25) is 0 Å². The maximum atomic E-state index is 13.7. The van der Waals surface area contributed by atoms with Gasteiger partial charge in [0.05, 0.1) is 17.4 Å². The number of anilines is 1. The molecule has 5 heteroatoms. The van der Waals surface area contributed by atoms with Crippen LogP contribution in [0.15, 0.2) is 18.2 Å². The largest absolute Gasteiger partial charge is 0.478 e. The lowest BCUT2D eigenvalue weighted by atomic mass is 10.0. The van der Waals surface area contributed by atoms with Crippen LogP contribution < -0.4 is 5.32 Å². The van der Waals surface area contributed by atoms with Crippen molar-refractivity contribution in [1.82, 2.24) is 0 Å². The van der Waals surface area contributed by atoms with E-state index < -0.39 is 11.8 Å². The van der Waals surface area contributed by atoms with E-state index in [1.54, 1.807) is 0 Å². The zero-order valence-electron chi connectivity index (χ0n) is 10.1. The summed E-state index contributed by atoms with van der Waals surface area (Å²) >= 11 is 0. The third kappa shape index (κ3) is 2.79. The number of halogens is 1. The van der Waals surface area contributed by atoms with Crippen LogP contribution in [0.1, 0.15) is 30.1 Å². The second kappa shape index (κ2) is 5.35.